The monoisotopic (exact) mass is 233 g/mol. The van der Waals surface area contributed by atoms with Crippen LogP contribution in [-0.2, 0) is 6.42 Å². The SMILES string of the molecule is COc1ccn2c(C[C@@H](C)N(C)C)cnc2c1. The van der Waals surface area contributed by atoms with E-state index in [1.807, 2.05) is 24.5 Å². The second-order valence-corrected chi connectivity index (χ2v) is 4.56. The Morgan fingerprint density at radius 3 is 2.88 bits per heavy atom. The lowest BCUT2D eigenvalue weighted by molar-refractivity contribution is 0.310. The van der Waals surface area contributed by atoms with Crippen molar-refractivity contribution in [3.05, 3.63) is 30.2 Å². The largest absolute Gasteiger partial charge is 0.497 e. The van der Waals surface area contributed by atoms with Crippen LogP contribution >= 0.6 is 0 Å². The minimum Gasteiger partial charge on any atom is -0.497 e. The average molecular weight is 233 g/mol. The molecule has 0 unspecified atom stereocenters. The second kappa shape index (κ2) is 4.75. The smallest absolute Gasteiger partial charge is 0.140 e. The van der Waals surface area contributed by atoms with Gasteiger partial charge in [-0.15, -0.1) is 0 Å². The molecule has 0 saturated heterocycles. The molecule has 2 rings (SSSR count). The zero-order valence-electron chi connectivity index (χ0n) is 10.8. The van der Waals surface area contributed by atoms with Crippen molar-refractivity contribution in [1.82, 2.24) is 14.3 Å². The Kier molecular flexibility index (Phi) is 3.33. The van der Waals surface area contributed by atoms with Crippen LogP contribution in [0.5, 0.6) is 5.75 Å². The van der Waals surface area contributed by atoms with Gasteiger partial charge >= 0.3 is 0 Å². The number of rotatable bonds is 4. The molecule has 2 heterocycles. The second-order valence-electron chi connectivity index (χ2n) is 4.56. The summed E-state index contributed by atoms with van der Waals surface area (Å²) in [7, 11) is 5.86. The molecule has 4 nitrogen and oxygen atoms in total. The van der Waals surface area contributed by atoms with E-state index in [9.17, 15) is 0 Å². The fourth-order valence-electron chi connectivity index (χ4n) is 1.78. The third-order valence-electron chi connectivity index (χ3n) is 3.18. The van der Waals surface area contributed by atoms with Crippen LogP contribution in [0.3, 0.4) is 0 Å². The average Bonchev–Trinajstić information content (AvgIpc) is 2.71. The Hall–Kier alpha value is -1.55. The van der Waals surface area contributed by atoms with Gasteiger partial charge in [-0.1, -0.05) is 0 Å². The van der Waals surface area contributed by atoms with E-state index >= 15 is 0 Å². The lowest BCUT2D eigenvalue weighted by atomic mass is 10.2. The van der Waals surface area contributed by atoms with Crippen molar-refractivity contribution in [2.24, 2.45) is 0 Å². The van der Waals surface area contributed by atoms with Crippen LogP contribution in [0, 0.1) is 0 Å². The first-order valence-corrected chi connectivity index (χ1v) is 5.78. The van der Waals surface area contributed by atoms with Crippen molar-refractivity contribution in [2.45, 2.75) is 19.4 Å². The Morgan fingerprint density at radius 1 is 1.47 bits per heavy atom. The molecule has 0 fully saturated rings. The molecule has 92 valence electrons. The van der Waals surface area contributed by atoms with Crippen LogP contribution in [0.15, 0.2) is 24.5 Å². The predicted octanol–water partition coefficient (Wildman–Crippen LogP) is 1.84. The van der Waals surface area contributed by atoms with Crippen molar-refractivity contribution >= 4 is 5.65 Å². The Labute approximate surface area is 102 Å². The quantitative estimate of drug-likeness (QED) is 0.807. The summed E-state index contributed by atoms with van der Waals surface area (Å²) in [6, 6.07) is 4.40. The molecule has 0 bridgehead atoms. The highest BCUT2D eigenvalue weighted by Crippen LogP contribution is 2.16. The van der Waals surface area contributed by atoms with Gasteiger partial charge in [0.1, 0.15) is 11.4 Å². The molecule has 2 aromatic rings. The van der Waals surface area contributed by atoms with Crippen molar-refractivity contribution in [3.63, 3.8) is 0 Å². The van der Waals surface area contributed by atoms with Crippen LogP contribution in [0.1, 0.15) is 12.6 Å². The number of nitrogens with zero attached hydrogens (tertiary/aromatic N) is 3. The fourth-order valence-corrected chi connectivity index (χ4v) is 1.78. The van der Waals surface area contributed by atoms with E-state index in [0.29, 0.717) is 6.04 Å². The molecule has 17 heavy (non-hydrogen) atoms. The normalized spacial score (nSPS) is 13.2. The van der Waals surface area contributed by atoms with Gasteiger partial charge < -0.3 is 14.0 Å². The molecular formula is C13H19N3O. The predicted molar refractivity (Wildman–Crippen MR) is 68.6 cm³/mol. The van der Waals surface area contributed by atoms with E-state index in [1.165, 1.54) is 5.69 Å². The van der Waals surface area contributed by atoms with Gasteiger partial charge in [0.2, 0.25) is 0 Å². The Bertz CT molecular complexity index is 504. The minimum atomic E-state index is 0.497. The Balaban J connectivity index is 2.30. The molecule has 0 radical (unpaired) electrons. The van der Waals surface area contributed by atoms with E-state index in [4.69, 9.17) is 4.74 Å². The number of hydrogen-bond acceptors (Lipinski definition) is 3. The molecule has 0 saturated carbocycles. The number of pyridine rings is 1. The fraction of sp³-hybridized carbons (Fsp3) is 0.462. The van der Waals surface area contributed by atoms with Crippen molar-refractivity contribution < 1.29 is 4.74 Å². The maximum absolute atomic E-state index is 5.19. The highest BCUT2D eigenvalue weighted by atomic mass is 16.5. The van der Waals surface area contributed by atoms with Gasteiger partial charge in [0, 0.05) is 36.6 Å². The number of likely N-dealkylation sites (N-methyl/N-ethyl adjacent to an activating group) is 1. The molecule has 0 amide bonds. The van der Waals surface area contributed by atoms with Crippen LogP contribution in [0.2, 0.25) is 0 Å². The molecule has 0 spiro atoms. The lowest BCUT2D eigenvalue weighted by Gasteiger charge is -2.19. The van der Waals surface area contributed by atoms with E-state index in [2.05, 4.69) is 35.3 Å². The summed E-state index contributed by atoms with van der Waals surface area (Å²) >= 11 is 0. The molecule has 2 aromatic heterocycles. The summed E-state index contributed by atoms with van der Waals surface area (Å²) in [5.74, 6) is 0.843. The topological polar surface area (TPSA) is 29.8 Å². The van der Waals surface area contributed by atoms with Crippen molar-refractivity contribution in [2.75, 3.05) is 21.2 Å². The van der Waals surface area contributed by atoms with Crippen LogP contribution in [0.25, 0.3) is 5.65 Å². The third kappa shape index (κ3) is 2.42. The summed E-state index contributed by atoms with van der Waals surface area (Å²) in [6.07, 6.45) is 4.94. The van der Waals surface area contributed by atoms with Crippen LogP contribution < -0.4 is 4.74 Å². The minimum absolute atomic E-state index is 0.497. The number of fused-ring (bicyclic) bond motifs is 1. The standard InChI is InChI=1S/C13H19N3O/c1-10(15(2)3)7-11-9-14-13-8-12(17-4)5-6-16(11)13/h5-6,8-10H,7H2,1-4H3/t10-/m1/s1. The summed E-state index contributed by atoms with van der Waals surface area (Å²) < 4.78 is 7.30. The zero-order chi connectivity index (χ0) is 12.4. The highest BCUT2D eigenvalue weighted by molar-refractivity contribution is 5.45. The van der Waals surface area contributed by atoms with Crippen molar-refractivity contribution in [3.8, 4) is 5.75 Å². The van der Waals surface area contributed by atoms with Gasteiger partial charge in [-0.2, -0.15) is 0 Å². The Morgan fingerprint density at radius 2 is 2.24 bits per heavy atom. The zero-order valence-corrected chi connectivity index (χ0v) is 10.8. The van der Waals surface area contributed by atoms with Gasteiger partial charge in [0.15, 0.2) is 0 Å². The van der Waals surface area contributed by atoms with E-state index in [0.717, 1.165) is 17.8 Å². The molecular weight excluding hydrogens is 214 g/mol. The first-order chi connectivity index (χ1) is 8.11. The highest BCUT2D eigenvalue weighted by Gasteiger charge is 2.10. The molecule has 0 aliphatic rings. The van der Waals surface area contributed by atoms with Gasteiger partial charge in [-0.05, 0) is 27.1 Å². The summed E-state index contributed by atoms with van der Waals surface area (Å²) in [4.78, 5) is 6.62. The molecule has 4 heteroatoms. The van der Waals surface area contributed by atoms with Crippen LogP contribution in [-0.4, -0.2) is 41.5 Å². The molecule has 0 N–H and O–H groups in total. The first kappa shape index (κ1) is 11.9. The van der Waals surface area contributed by atoms with Crippen molar-refractivity contribution in [1.29, 1.82) is 0 Å². The molecule has 0 aliphatic heterocycles. The molecule has 1 atom stereocenters. The summed E-state index contributed by atoms with van der Waals surface area (Å²) in [5, 5.41) is 0. The number of hydrogen-bond donors (Lipinski definition) is 0. The number of aromatic nitrogens is 2. The van der Waals surface area contributed by atoms with E-state index in [1.54, 1.807) is 7.11 Å². The van der Waals surface area contributed by atoms with Gasteiger partial charge in [-0.25, -0.2) is 4.98 Å². The molecule has 0 aromatic carbocycles. The number of imidazole rings is 1. The van der Waals surface area contributed by atoms with E-state index < -0.39 is 0 Å². The molecule has 0 aliphatic carbocycles. The third-order valence-corrected chi connectivity index (χ3v) is 3.18. The van der Waals surface area contributed by atoms with Gasteiger partial charge in [0.05, 0.1) is 7.11 Å². The number of methoxy groups -OCH3 is 1. The first-order valence-electron chi connectivity index (χ1n) is 5.78. The number of ether oxygens (including phenoxy) is 1. The lowest BCUT2D eigenvalue weighted by Crippen LogP contribution is -2.27. The van der Waals surface area contributed by atoms with E-state index in [-0.39, 0.29) is 0 Å². The summed E-state index contributed by atoms with van der Waals surface area (Å²) in [5.41, 5.74) is 2.16. The maximum Gasteiger partial charge on any atom is 0.140 e. The van der Waals surface area contributed by atoms with Gasteiger partial charge in [0.25, 0.3) is 0 Å². The van der Waals surface area contributed by atoms with Crippen LogP contribution in [0.4, 0.5) is 0 Å². The summed E-state index contributed by atoms with van der Waals surface area (Å²) in [6.45, 7) is 2.21. The van der Waals surface area contributed by atoms with Gasteiger partial charge in [-0.3, -0.25) is 0 Å². The maximum atomic E-state index is 5.19.